The molecule has 1 N–H and O–H groups in total. The van der Waals surface area contributed by atoms with Crippen molar-refractivity contribution in [3.8, 4) is 5.75 Å². The molecule has 2 aromatic carbocycles. The summed E-state index contributed by atoms with van der Waals surface area (Å²) in [5, 5.41) is 20.1. The summed E-state index contributed by atoms with van der Waals surface area (Å²) in [4.78, 5) is 34.2. The van der Waals surface area contributed by atoms with E-state index in [1.165, 1.54) is 31.0 Å². The molecule has 0 unspecified atom stereocenters. The van der Waals surface area contributed by atoms with Gasteiger partial charge in [0.25, 0.3) is 5.69 Å². The monoisotopic (exact) mass is 429 g/mol. The Bertz CT molecular complexity index is 984. The molecule has 158 valence electrons. The Balaban J connectivity index is 2.22. The van der Waals surface area contributed by atoms with Crippen molar-refractivity contribution >= 4 is 35.3 Å². The lowest BCUT2D eigenvalue weighted by atomic mass is 9.99. The van der Waals surface area contributed by atoms with Crippen molar-refractivity contribution in [2.24, 2.45) is 0 Å². The van der Waals surface area contributed by atoms with Gasteiger partial charge >= 0.3 is 5.97 Å². The molecule has 2 aromatic rings. The van der Waals surface area contributed by atoms with Crippen molar-refractivity contribution in [3.05, 3.63) is 74.8 Å². The molecule has 0 saturated heterocycles. The molecular formula is C22H23NO6S. The number of hydrogen-bond donors (Lipinski definition) is 1. The summed E-state index contributed by atoms with van der Waals surface area (Å²) >= 11 is 1.21. The minimum atomic E-state index is -0.910. The number of ether oxygens (including phenoxy) is 1. The highest BCUT2D eigenvalue weighted by Crippen LogP contribution is 2.28. The van der Waals surface area contributed by atoms with Crippen LogP contribution in [0.2, 0.25) is 0 Å². The van der Waals surface area contributed by atoms with E-state index in [1.54, 1.807) is 36.4 Å². The predicted octanol–water partition coefficient (Wildman–Crippen LogP) is 4.94. The Hall–Kier alpha value is -3.13. The minimum absolute atomic E-state index is 0.0155. The third kappa shape index (κ3) is 6.18. The van der Waals surface area contributed by atoms with E-state index in [0.29, 0.717) is 28.2 Å². The molecular weight excluding hydrogens is 406 g/mol. The number of aliphatic carboxylic acids is 1. The summed E-state index contributed by atoms with van der Waals surface area (Å²) < 4.78 is 5.28. The molecule has 0 amide bonds. The average molecular weight is 429 g/mol. The van der Waals surface area contributed by atoms with Gasteiger partial charge in [-0.25, -0.2) is 0 Å². The molecule has 0 aliphatic rings. The Morgan fingerprint density at radius 2 is 1.97 bits per heavy atom. The second-order valence-corrected chi connectivity index (χ2v) is 7.83. The second-order valence-electron chi connectivity index (χ2n) is 6.84. The summed E-state index contributed by atoms with van der Waals surface area (Å²) in [6.45, 7) is 3.77. The summed E-state index contributed by atoms with van der Waals surface area (Å²) in [7, 11) is 1.51. The third-order valence-electron chi connectivity index (χ3n) is 4.35. The van der Waals surface area contributed by atoms with E-state index in [2.05, 4.69) is 0 Å². The van der Waals surface area contributed by atoms with E-state index in [9.17, 15) is 19.7 Å². The number of ketones is 1. The summed E-state index contributed by atoms with van der Waals surface area (Å²) in [6, 6.07) is 9.87. The number of rotatable bonds is 10. The van der Waals surface area contributed by atoms with Crippen LogP contribution in [0.4, 0.5) is 5.69 Å². The number of nitrogens with zero attached hydrogens (tertiary/aromatic N) is 1. The van der Waals surface area contributed by atoms with Gasteiger partial charge in [0.2, 0.25) is 0 Å². The number of methoxy groups -OCH3 is 1. The van der Waals surface area contributed by atoms with Gasteiger partial charge in [0.15, 0.2) is 5.78 Å². The first-order valence-electron chi connectivity index (χ1n) is 9.20. The first-order valence-corrected chi connectivity index (χ1v) is 10.4. The quantitative estimate of drug-likeness (QED) is 0.247. The van der Waals surface area contributed by atoms with Crippen LogP contribution >= 0.6 is 11.8 Å². The van der Waals surface area contributed by atoms with Crippen molar-refractivity contribution < 1.29 is 24.4 Å². The Labute approximate surface area is 178 Å². The van der Waals surface area contributed by atoms with Crippen LogP contribution in [0.15, 0.2) is 42.5 Å². The van der Waals surface area contributed by atoms with Gasteiger partial charge in [-0.1, -0.05) is 32.1 Å². The molecule has 0 fully saturated rings. The van der Waals surface area contributed by atoms with Crippen molar-refractivity contribution in [2.45, 2.75) is 25.5 Å². The van der Waals surface area contributed by atoms with Crippen molar-refractivity contribution in [1.29, 1.82) is 0 Å². The molecule has 0 aliphatic carbocycles. The average Bonchev–Trinajstić information content (AvgIpc) is 2.71. The molecule has 30 heavy (non-hydrogen) atoms. The molecule has 0 radical (unpaired) electrons. The van der Waals surface area contributed by atoms with E-state index in [0.717, 1.165) is 5.56 Å². The second kappa shape index (κ2) is 10.6. The van der Waals surface area contributed by atoms with Gasteiger partial charge < -0.3 is 9.84 Å². The van der Waals surface area contributed by atoms with Gasteiger partial charge in [0, 0.05) is 28.5 Å². The van der Waals surface area contributed by atoms with Crippen LogP contribution in [0.1, 0.15) is 46.8 Å². The lowest BCUT2D eigenvalue weighted by molar-refractivity contribution is -0.385. The summed E-state index contributed by atoms with van der Waals surface area (Å²) in [5.41, 5.74) is 2.38. The highest BCUT2D eigenvalue weighted by molar-refractivity contribution is 7.99. The Morgan fingerprint density at radius 1 is 1.23 bits per heavy atom. The molecule has 0 spiro atoms. The zero-order valence-corrected chi connectivity index (χ0v) is 17.8. The number of allylic oxidation sites excluding steroid dienone is 1. The molecule has 0 bridgehead atoms. The van der Waals surface area contributed by atoms with Crippen LogP contribution in [0, 0.1) is 10.1 Å². The molecule has 8 heteroatoms. The maximum absolute atomic E-state index is 12.6. The van der Waals surface area contributed by atoms with Crippen LogP contribution in [0.25, 0.3) is 6.08 Å². The number of nitro groups is 1. The van der Waals surface area contributed by atoms with Gasteiger partial charge in [-0.3, -0.25) is 19.7 Å². The molecule has 2 rings (SSSR count). The summed E-state index contributed by atoms with van der Waals surface area (Å²) in [6.07, 6.45) is 2.91. The predicted molar refractivity (Wildman–Crippen MR) is 117 cm³/mol. The minimum Gasteiger partial charge on any atom is -0.496 e. The highest BCUT2D eigenvalue weighted by Gasteiger charge is 2.16. The maximum Gasteiger partial charge on any atom is 0.313 e. The van der Waals surface area contributed by atoms with Crippen LogP contribution in [-0.2, 0) is 10.5 Å². The van der Waals surface area contributed by atoms with Gasteiger partial charge in [-0.2, -0.15) is 0 Å². The van der Waals surface area contributed by atoms with Crippen LogP contribution in [-0.4, -0.2) is 34.6 Å². The Morgan fingerprint density at radius 3 is 2.57 bits per heavy atom. The van der Waals surface area contributed by atoms with Crippen LogP contribution in [0.5, 0.6) is 5.75 Å². The van der Waals surface area contributed by atoms with E-state index in [-0.39, 0.29) is 23.1 Å². The van der Waals surface area contributed by atoms with Crippen molar-refractivity contribution in [2.75, 3.05) is 12.9 Å². The first-order chi connectivity index (χ1) is 14.2. The number of benzene rings is 2. The van der Waals surface area contributed by atoms with Crippen LogP contribution < -0.4 is 4.74 Å². The van der Waals surface area contributed by atoms with Crippen molar-refractivity contribution in [1.82, 2.24) is 0 Å². The van der Waals surface area contributed by atoms with Crippen molar-refractivity contribution in [3.63, 3.8) is 0 Å². The van der Waals surface area contributed by atoms with Gasteiger partial charge in [0.05, 0.1) is 17.8 Å². The van der Waals surface area contributed by atoms with Gasteiger partial charge in [0.1, 0.15) is 5.75 Å². The number of carboxylic acids is 1. The van der Waals surface area contributed by atoms with E-state index < -0.39 is 10.9 Å². The first kappa shape index (κ1) is 23.2. The highest BCUT2D eigenvalue weighted by atomic mass is 32.2. The lowest BCUT2D eigenvalue weighted by Crippen LogP contribution is -2.01. The maximum atomic E-state index is 12.6. The number of carboxylic acid groups (broad SMARTS) is 1. The zero-order valence-electron chi connectivity index (χ0n) is 17.0. The third-order valence-corrected chi connectivity index (χ3v) is 5.31. The molecule has 0 atom stereocenters. The number of hydrogen-bond acceptors (Lipinski definition) is 6. The van der Waals surface area contributed by atoms with Gasteiger partial charge in [-0.15, -0.1) is 11.8 Å². The molecule has 0 heterocycles. The summed E-state index contributed by atoms with van der Waals surface area (Å²) in [5.74, 6) is -0.241. The van der Waals surface area contributed by atoms with E-state index in [1.807, 2.05) is 13.8 Å². The fourth-order valence-electron chi connectivity index (χ4n) is 2.87. The SMILES string of the molecule is COc1ccc(C(=O)/C=C/c2ccc(C(C)C)c([N+](=O)[O-])c2)cc1CSCC(=O)O. The Kier molecular flexibility index (Phi) is 8.17. The van der Waals surface area contributed by atoms with E-state index >= 15 is 0 Å². The molecule has 0 aliphatic heterocycles. The zero-order chi connectivity index (χ0) is 22.3. The lowest BCUT2D eigenvalue weighted by Gasteiger charge is -2.09. The van der Waals surface area contributed by atoms with Gasteiger partial charge in [-0.05, 0) is 35.8 Å². The normalized spacial score (nSPS) is 11.1. The topological polar surface area (TPSA) is 107 Å². The smallest absolute Gasteiger partial charge is 0.313 e. The van der Waals surface area contributed by atoms with E-state index in [4.69, 9.17) is 9.84 Å². The standard InChI is InChI=1S/C22H23NO6S/c1-14(2)18-7-4-15(10-19(18)23(27)28)5-8-20(24)16-6-9-21(29-3)17(11-16)12-30-13-22(25)26/h4-11,14H,12-13H2,1-3H3,(H,25,26)/b8-5+. The number of carbonyl (C=O) groups is 2. The largest absolute Gasteiger partial charge is 0.496 e. The number of nitro benzene ring substituents is 1. The number of carbonyl (C=O) groups excluding carboxylic acids is 1. The fourth-order valence-corrected chi connectivity index (χ4v) is 3.59. The fraction of sp³-hybridized carbons (Fsp3) is 0.273. The molecule has 0 aromatic heterocycles. The number of thioether (sulfide) groups is 1. The molecule has 7 nitrogen and oxygen atoms in total. The van der Waals surface area contributed by atoms with Crippen LogP contribution in [0.3, 0.4) is 0 Å². The molecule has 0 saturated carbocycles.